The summed E-state index contributed by atoms with van der Waals surface area (Å²) in [5.41, 5.74) is 1.14. The number of nitrogens with zero attached hydrogens (tertiary/aromatic N) is 4. The van der Waals surface area contributed by atoms with Crippen molar-refractivity contribution in [3.63, 3.8) is 0 Å². The molecule has 3 rings (SSSR count). The first-order valence-corrected chi connectivity index (χ1v) is 9.10. The lowest BCUT2D eigenvalue weighted by atomic mass is 9.98. The van der Waals surface area contributed by atoms with Gasteiger partial charge in [-0.25, -0.2) is 4.98 Å². The largest absolute Gasteiger partial charge is 0.350 e. The van der Waals surface area contributed by atoms with Gasteiger partial charge in [0.2, 0.25) is 5.91 Å². The zero-order chi connectivity index (χ0) is 17.5. The van der Waals surface area contributed by atoms with E-state index >= 15 is 0 Å². The zero-order valence-electron chi connectivity index (χ0n) is 14.8. The number of carbonyl (C=O) groups is 1. The van der Waals surface area contributed by atoms with Gasteiger partial charge in [0.25, 0.3) is 0 Å². The topological polar surface area (TPSA) is 63.1 Å². The average Bonchev–Trinajstić information content (AvgIpc) is 3.14. The van der Waals surface area contributed by atoms with Gasteiger partial charge in [0.1, 0.15) is 12.7 Å². The Morgan fingerprint density at radius 1 is 1.36 bits per heavy atom. The van der Waals surface area contributed by atoms with Gasteiger partial charge >= 0.3 is 0 Å². The smallest absolute Gasteiger partial charge is 0.221 e. The molecule has 1 aliphatic heterocycles. The highest BCUT2D eigenvalue weighted by Gasteiger charge is 2.21. The molecule has 1 amide bonds. The fraction of sp³-hybridized carbons (Fsp3) is 0.526. The summed E-state index contributed by atoms with van der Waals surface area (Å²) in [7, 11) is 0. The van der Waals surface area contributed by atoms with Crippen molar-refractivity contribution in [3.05, 3.63) is 48.5 Å². The van der Waals surface area contributed by atoms with Crippen LogP contribution in [0.1, 0.15) is 37.8 Å². The molecule has 6 nitrogen and oxygen atoms in total. The predicted octanol–water partition coefficient (Wildman–Crippen LogP) is 2.26. The predicted molar refractivity (Wildman–Crippen MR) is 96.8 cm³/mol. The van der Waals surface area contributed by atoms with Gasteiger partial charge in [0, 0.05) is 26.1 Å². The Morgan fingerprint density at radius 2 is 2.20 bits per heavy atom. The van der Waals surface area contributed by atoms with Crippen LogP contribution >= 0.6 is 0 Å². The van der Waals surface area contributed by atoms with Crippen molar-refractivity contribution >= 4 is 5.91 Å². The highest BCUT2D eigenvalue weighted by molar-refractivity contribution is 5.76. The Morgan fingerprint density at radius 3 is 2.96 bits per heavy atom. The van der Waals surface area contributed by atoms with Gasteiger partial charge in [-0.15, -0.1) is 0 Å². The SMILES string of the molecule is C[C@H](NC(=O)CCN1CCC[C@@H](Cn2cncn2)C1)c1ccccc1. The second kappa shape index (κ2) is 8.76. The molecule has 1 aromatic heterocycles. The summed E-state index contributed by atoms with van der Waals surface area (Å²) in [5, 5.41) is 7.29. The maximum atomic E-state index is 12.2. The summed E-state index contributed by atoms with van der Waals surface area (Å²) < 4.78 is 1.91. The number of piperidine rings is 1. The van der Waals surface area contributed by atoms with Crippen LogP contribution in [-0.4, -0.2) is 45.2 Å². The lowest BCUT2D eigenvalue weighted by Crippen LogP contribution is -2.39. The van der Waals surface area contributed by atoms with E-state index in [9.17, 15) is 4.79 Å². The minimum atomic E-state index is 0.0510. The van der Waals surface area contributed by atoms with Gasteiger partial charge in [-0.1, -0.05) is 30.3 Å². The molecule has 2 aromatic rings. The van der Waals surface area contributed by atoms with Crippen LogP contribution in [0.3, 0.4) is 0 Å². The number of hydrogen-bond acceptors (Lipinski definition) is 4. The zero-order valence-corrected chi connectivity index (χ0v) is 14.8. The van der Waals surface area contributed by atoms with E-state index in [2.05, 4.69) is 20.3 Å². The van der Waals surface area contributed by atoms with Crippen molar-refractivity contribution in [2.45, 2.75) is 38.8 Å². The number of likely N-dealkylation sites (tertiary alicyclic amines) is 1. The van der Waals surface area contributed by atoms with Crippen molar-refractivity contribution in [1.82, 2.24) is 25.0 Å². The van der Waals surface area contributed by atoms with Gasteiger partial charge in [0.05, 0.1) is 6.04 Å². The molecule has 1 N–H and O–H groups in total. The second-order valence-electron chi connectivity index (χ2n) is 6.88. The van der Waals surface area contributed by atoms with E-state index in [-0.39, 0.29) is 11.9 Å². The molecule has 2 heterocycles. The summed E-state index contributed by atoms with van der Waals surface area (Å²) >= 11 is 0. The van der Waals surface area contributed by atoms with Crippen LogP contribution in [0.4, 0.5) is 0 Å². The van der Waals surface area contributed by atoms with Crippen molar-refractivity contribution in [2.75, 3.05) is 19.6 Å². The fourth-order valence-electron chi connectivity index (χ4n) is 3.49. The minimum absolute atomic E-state index is 0.0510. The number of amides is 1. The molecule has 0 bridgehead atoms. The van der Waals surface area contributed by atoms with Crippen LogP contribution in [0.5, 0.6) is 0 Å². The van der Waals surface area contributed by atoms with Crippen LogP contribution in [0.2, 0.25) is 0 Å². The summed E-state index contributed by atoms with van der Waals surface area (Å²) in [6.07, 6.45) is 6.30. The number of rotatable bonds is 7. The van der Waals surface area contributed by atoms with Crippen LogP contribution < -0.4 is 5.32 Å². The molecule has 0 aliphatic carbocycles. The van der Waals surface area contributed by atoms with Crippen LogP contribution in [0, 0.1) is 5.92 Å². The maximum Gasteiger partial charge on any atom is 0.221 e. The van der Waals surface area contributed by atoms with Crippen LogP contribution in [0.15, 0.2) is 43.0 Å². The lowest BCUT2D eigenvalue weighted by molar-refractivity contribution is -0.122. The van der Waals surface area contributed by atoms with Gasteiger partial charge in [0.15, 0.2) is 0 Å². The monoisotopic (exact) mass is 341 g/mol. The molecule has 1 aliphatic rings. The lowest BCUT2D eigenvalue weighted by Gasteiger charge is -2.32. The van der Waals surface area contributed by atoms with Crippen LogP contribution in [-0.2, 0) is 11.3 Å². The Kier molecular flexibility index (Phi) is 6.17. The van der Waals surface area contributed by atoms with E-state index in [1.807, 2.05) is 41.9 Å². The third-order valence-electron chi connectivity index (χ3n) is 4.85. The molecule has 6 heteroatoms. The highest BCUT2D eigenvalue weighted by Crippen LogP contribution is 2.18. The summed E-state index contributed by atoms with van der Waals surface area (Å²) in [4.78, 5) is 18.7. The van der Waals surface area contributed by atoms with Gasteiger partial charge in [-0.3, -0.25) is 9.48 Å². The van der Waals surface area contributed by atoms with Crippen molar-refractivity contribution in [3.8, 4) is 0 Å². The van der Waals surface area contributed by atoms with Crippen molar-refractivity contribution < 1.29 is 4.79 Å². The molecule has 0 radical (unpaired) electrons. The first-order valence-electron chi connectivity index (χ1n) is 9.10. The first kappa shape index (κ1) is 17.6. The maximum absolute atomic E-state index is 12.2. The van der Waals surface area contributed by atoms with Gasteiger partial charge < -0.3 is 10.2 Å². The van der Waals surface area contributed by atoms with Crippen molar-refractivity contribution in [2.24, 2.45) is 5.92 Å². The number of aromatic nitrogens is 3. The molecule has 25 heavy (non-hydrogen) atoms. The average molecular weight is 341 g/mol. The Hall–Kier alpha value is -2.21. The van der Waals surface area contributed by atoms with Crippen molar-refractivity contribution in [1.29, 1.82) is 0 Å². The molecule has 134 valence electrons. The highest BCUT2D eigenvalue weighted by atomic mass is 16.1. The van der Waals surface area contributed by atoms with E-state index in [1.165, 1.54) is 12.8 Å². The van der Waals surface area contributed by atoms with Gasteiger partial charge in [-0.2, -0.15) is 5.10 Å². The Balaban J connectivity index is 1.40. The number of nitrogens with one attached hydrogen (secondary N) is 1. The third-order valence-corrected chi connectivity index (χ3v) is 4.85. The molecule has 2 atom stereocenters. The molecular weight excluding hydrogens is 314 g/mol. The van der Waals surface area contributed by atoms with E-state index in [0.717, 1.165) is 31.7 Å². The van der Waals surface area contributed by atoms with Gasteiger partial charge in [-0.05, 0) is 37.8 Å². The van der Waals surface area contributed by atoms with E-state index in [0.29, 0.717) is 12.3 Å². The van der Waals surface area contributed by atoms with E-state index < -0.39 is 0 Å². The molecule has 1 fully saturated rings. The number of benzene rings is 1. The molecule has 0 unspecified atom stereocenters. The van der Waals surface area contributed by atoms with Crippen LogP contribution in [0.25, 0.3) is 0 Å². The Labute approximate surface area is 149 Å². The first-order chi connectivity index (χ1) is 12.2. The molecule has 1 saturated heterocycles. The summed E-state index contributed by atoms with van der Waals surface area (Å²) in [6.45, 7) is 5.87. The third kappa shape index (κ3) is 5.39. The molecular formula is C19H27N5O. The second-order valence-corrected chi connectivity index (χ2v) is 6.88. The standard InChI is InChI=1S/C19H27N5O/c1-16(18-7-3-2-4-8-18)22-19(25)9-11-23-10-5-6-17(12-23)13-24-15-20-14-21-24/h2-4,7-8,14-17H,5-6,9-13H2,1H3,(H,22,25)/t16-,17+/m0/s1. The molecule has 0 saturated carbocycles. The Bertz CT molecular complexity index is 643. The summed E-state index contributed by atoms with van der Waals surface area (Å²) in [6, 6.07) is 10.1. The quantitative estimate of drug-likeness (QED) is 0.839. The summed E-state index contributed by atoms with van der Waals surface area (Å²) in [5.74, 6) is 0.705. The minimum Gasteiger partial charge on any atom is -0.350 e. The number of carbonyl (C=O) groups excluding carboxylic acids is 1. The normalized spacial score (nSPS) is 19.5. The molecule has 1 aromatic carbocycles. The molecule has 0 spiro atoms. The fourth-order valence-corrected chi connectivity index (χ4v) is 3.49. The van der Waals surface area contributed by atoms with E-state index in [4.69, 9.17) is 0 Å². The van der Waals surface area contributed by atoms with E-state index in [1.54, 1.807) is 12.7 Å². The number of hydrogen-bond donors (Lipinski definition) is 1.